The molecule has 0 spiro atoms. The van der Waals surface area contributed by atoms with Crippen LogP contribution < -0.4 is 39.4 Å². The Hall–Kier alpha value is -0.810. The summed E-state index contributed by atoms with van der Waals surface area (Å²) in [6, 6.07) is 6.43. The van der Waals surface area contributed by atoms with Crippen molar-refractivity contribution in [3.05, 3.63) is 23.8 Å². The predicted molar refractivity (Wildman–Crippen MR) is 69.6 cm³/mol. The number of nitriles is 1. The van der Waals surface area contributed by atoms with Crippen molar-refractivity contribution in [3.63, 3.8) is 0 Å². The number of methoxy groups -OCH3 is 1. The van der Waals surface area contributed by atoms with Gasteiger partial charge in [-0.25, -0.2) is 0 Å². The van der Waals surface area contributed by atoms with E-state index in [1.54, 1.807) is 13.2 Å². The van der Waals surface area contributed by atoms with Gasteiger partial charge in [-0.05, 0) is 17.9 Å². The quantitative estimate of drug-likeness (QED) is 0.357. The summed E-state index contributed by atoms with van der Waals surface area (Å²) in [5.74, 6) is -0.220. The van der Waals surface area contributed by atoms with E-state index in [0.29, 0.717) is 33.0 Å². The van der Waals surface area contributed by atoms with Gasteiger partial charge < -0.3 is 24.1 Å². The first-order chi connectivity index (χ1) is 9.79. The van der Waals surface area contributed by atoms with E-state index in [1.807, 2.05) is 6.07 Å². The first kappa shape index (κ1) is 20.2. The molecule has 0 N–H and O–H groups in total. The molecule has 0 aliphatic heterocycles. The van der Waals surface area contributed by atoms with Gasteiger partial charge in [0.15, 0.2) is 0 Å². The smallest absolute Gasteiger partial charge is 0.869 e. The van der Waals surface area contributed by atoms with Crippen LogP contribution in [0.25, 0.3) is 0 Å². The minimum atomic E-state index is -0.391. The minimum absolute atomic E-state index is 0. The average Bonchev–Trinajstić information content (AvgIpc) is 2.47. The number of ether oxygens (including phenoxy) is 4. The zero-order valence-corrected chi connectivity index (χ0v) is 14.5. The molecule has 0 saturated carbocycles. The molecule has 0 saturated heterocycles. The Morgan fingerprint density at radius 3 is 2.29 bits per heavy atom. The molecule has 21 heavy (non-hydrogen) atoms. The minimum Gasteiger partial charge on any atom is -0.869 e. The fraction of sp³-hybridized carbons (Fsp3) is 0.500. The van der Waals surface area contributed by atoms with E-state index in [0.717, 1.165) is 0 Å². The van der Waals surface area contributed by atoms with Crippen molar-refractivity contribution < 1.29 is 53.6 Å². The molecule has 0 fully saturated rings. The molecule has 1 rings (SSSR count). The zero-order chi connectivity index (χ0) is 14.6. The third-order valence-electron chi connectivity index (χ3n) is 2.39. The Morgan fingerprint density at radius 2 is 1.67 bits per heavy atom. The number of nitrogens with zero attached hydrogens (tertiary/aromatic N) is 1. The van der Waals surface area contributed by atoms with Crippen molar-refractivity contribution in [3.8, 4) is 17.6 Å². The van der Waals surface area contributed by atoms with Gasteiger partial charge in [0.05, 0.1) is 39.1 Å². The third kappa shape index (κ3) is 8.27. The monoisotopic (exact) mass is 303 g/mol. The summed E-state index contributed by atoms with van der Waals surface area (Å²) in [5, 5.41) is 20.4. The molecule has 0 atom stereocenters. The summed E-state index contributed by atoms with van der Waals surface area (Å²) < 4.78 is 20.6. The van der Waals surface area contributed by atoms with Crippen LogP contribution in [0.15, 0.2) is 18.2 Å². The summed E-state index contributed by atoms with van der Waals surface area (Å²) in [6.07, 6.45) is 0. The molecular weight excluding hydrogens is 285 g/mol. The molecule has 6 nitrogen and oxygen atoms in total. The fourth-order valence-corrected chi connectivity index (χ4v) is 1.39. The maximum atomic E-state index is 11.6. The van der Waals surface area contributed by atoms with Crippen LogP contribution in [0.1, 0.15) is 5.56 Å². The van der Waals surface area contributed by atoms with E-state index >= 15 is 0 Å². The number of benzene rings is 1. The van der Waals surface area contributed by atoms with Crippen molar-refractivity contribution in [1.29, 1.82) is 5.26 Å². The van der Waals surface area contributed by atoms with Gasteiger partial charge in [-0.1, -0.05) is 6.07 Å². The molecule has 1 aromatic carbocycles. The second-order valence-electron chi connectivity index (χ2n) is 3.81. The van der Waals surface area contributed by atoms with Crippen LogP contribution >= 0.6 is 0 Å². The zero-order valence-electron chi connectivity index (χ0n) is 12.5. The molecule has 0 aliphatic rings. The number of rotatable bonds is 10. The predicted octanol–water partition coefficient (Wildman–Crippen LogP) is -2.31. The number of para-hydroxylation sites is 1. The van der Waals surface area contributed by atoms with Crippen molar-refractivity contribution in [2.45, 2.75) is 0 Å². The molecular formula is C14H18NNaO5. The van der Waals surface area contributed by atoms with Crippen molar-refractivity contribution in [1.82, 2.24) is 0 Å². The average molecular weight is 303 g/mol. The van der Waals surface area contributed by atoms with Gasteiger partial charge in [-0.15, -0.1) is 0 Å². The number of hydrogen-bond acceptors (Lipinski definition) is 6. The Morgan fingerprint density at radius 1 is 1.05 bits per heavy atom. The van der Waals surface area contributed by atoms with Crippen molar-refractivity contribution in [2.24, 2.45) is 0 Å². The van der Waals surface area contributed by atoms with Gasteiger partial charge >= 0.3 is 29.6 Å². The Bertz CT molecular complexity index is 436. The third-order valence-corrected chi connectivity index (χ3v) is 2.39. The summed E-state index contributed by atoms with van der Waals surface area (Å²) >= 11 is 0. The largest absolute Gasteiger partial charge is 1.00 e. The second-order valence-corrected chi connectivity index (χ2v) is 3.81. The van der Waals surface area contributed by atoms with Crippen molar-refractivity contribution >= 4 is 0 Å². The van der Waals surface area contributed by atoms with Gasteiger partial charge in [0.1, 0.15) is 12.4 Å². The van der Waals surface area contributed by atoms with Crippen LogP contribution in [-0.4, -0.2) is 46.8 Å². The maximum absolute atomic E-state index is 11.6. The second kappa shape index (κ2) is 12.9. The maximum Gasteiger partial charge on any atom is 1.00 e. The Labute approximate surface area is 146 Å². The fourth-order valence-electron chi connectivity index (χ4n) is 1.39. The van der Waals surface area contributed by atoms with Crippen LogP contribution in [-0.2, 0) is 14.2 Å². The van der Waals surface area contributed by atoms with Gasteiger partial charge in [0.2, 0.25) is 0 Å². The normalized spacial score (nSPS) is 9.71. The van der Waals surface area contributed by atoms with E-state index in [9.17, 15) is 5.11 Å². The standard InChI is InChI=1S/C14H19NO5.Na/c1-17-5-6-18-7-8-19-9-10-20-13-4-2-3-12(11-15)14(13)16;/h2-4,16H,5-10H2,1H3;/q;+1/p-1. The van der Waals surface area contributed by atoms with Crippen LogP contribution in [0, 0.1) is 11.3 Å². The molecule has 0 unspecified atom stereocenters. The van der Waals surface area contributed by atoms with Gasteiger partial charge in [-0.2, -0.15) is 5.26 Å². The van der Waals surface area contributed by atoms with Gasteiger partial charge in [0.25, 0.3) is 0 Å². The van der Waals surface area contributed by atoms with Gasteiger partial charge in [0, 0.05) is 12.7 Å². The molecule has 7 heteroatoms. The van der Waals surface area contributed by atoms with E-state index in [-0.39, 0.29) is 47.5 Å². The molecule has 0 radical (unpaired) electrons. The Balaban J connectivity index is 0.00000400. The summed E-state index contributed by atoms with van der Waals surface area (Å²) in [6.45, 7) is 2.64. The van der Waals surface area contributed by atoms with Crippen LogP contribution in [0.5, 0.6) is 11.5 Å². The van der Waals surface area contributed by atoms with Crippen LogP contribution in [0.2, 0.25) is 0 Å². The SMILES string of the molecule is COCCOCCOCCOc1cccc(C#N)c1[O-].[Na+]. The molecule has 110 valence electrons. The van der Waals surface area contributed by atoms with Crippen LogP contribution in [0.3, 0.4) is 0 Å². The van der Waals surface area contributed by atoms with E-state index in [1.165, 1.54) is 12.1 Å². The summed E-state index contributed by atoms with van der Waals surface area (Å²) in [7, 11) is 1.61. The van der Waals surface area contributed by atoms with Crippen LogP contribution in [0.4, 0.5) is 0 Å². The molecule has 1 aromatic rings. The molecule has 0 bridgehead atoms. The molecule has 0 aliphatic carbocycles. The van der Waals surface area contributed by atoms with E-state index < -0.39 is 5.75 Å². The molecule has 0 amide bonds. The molecule has 0 heterocycles. The van der Waals surface area contributed by atoms with Crippen molar-refractivity contribution in [2.75, 3.05) is 46.8 Å². The summed E-state index contributed by atoms with van der Waals surface area (Å²) in [5.41, 5.74) is 0.0787. The van der Waals surface area contributed by atoms with E-state index in [2.05, 4.69) is 0 Å². The number of hydrogen-bond donors (Lipinski definition) is 0. The topological polar surface area (TPSA) is 83.8 Å². The first-order valence-corrected chi connectivity index (χ1v) is 6.27. The van der Waals surface area contributed by atoms with Gasteiger partial charge in [-0.3, -0.25) is 0 Å². The summed E-state index contributed by atoms with van der Waals surface area (Å²) in [4.78, 5) is 0. The molecule has 0 aromatic heterocycles. The Kier molecular flexibility index (Phi) is 12.4. The first-order valence-electron chi connectivity index (χ1n) is 6.27. The van der Waals surface area contributed by atoms with E-state index in [4.69, 9.17) is 24.2 Å².